The molecular weight excluding hydrogens is 302 g/mol. The van der Waals surface area contributed by atoms with Gasteiger partial charge in [-0.3, -0.25) is 0 Å². The first-order chi connectivity index (χ1) is 10.3. The molecule has 1 heterocycles. The Morgan fingerprint density at radius 1 is 1.05 bits per heavy atom. The van der Waals surface area contributed by atoms with Gasteiger partial charge in [0.15, 0.2) is 0 Å². The van der Waals surface area contributed by atoms with Crippen molar-refractivity contribution >= 4 is 40.2 Å². The first-order valence-electron chi connectivity index (χ1n) is 6.58. The Labute approximate surface area is 132 Å². The molecule has 0 spiro atoms. The van der Waals surface area contributed by atoms with Crippen LogP contribution in [0.5, 0.6) is 0 Å². The molecule has 1 aromatic heterocycles. The highest BCUT2D eigenvalue weighted by Crippen LogP contribution is 2.30. The maximum atomic E-state index is 6.21. The molecule has 0 atom stereocenters. The van der Waals surface area contributed by atoms with Crippen molar-refractivity contribution < 1.29 is 0 Å². The van der Waals surface area contributed by atoms with E-state index >= 15 is 0 Å². The normalized spacial score (nSPS) is 10.8. The van der Waals surface area contributed by atoms with Gasteiger partial charge in [0.1, 0.15) is 5.03 Å². The van der Waals surface area contributed by atoms with Crippen LogP contribution >= 0.6 is 23.4 Å². The number of fused-ring (bicyclic) bond motifs is 1. The van der Waals surface area contributed by atoms with Crippen molar-refractivity contribution in [3.8, 4) is 0 Å². The summed E-state index contributed by atoms with van der Waals surface area (Å²) in [5, 5.41) is 5.82. The number of hydrogen-bond donors (Lipinski definition) is 1. The zero-order valence-corrected chi connectivity index (χ0v) is 13.1. The summed E-state index contributed by atoms with van der Waals surface area (Å²) in [6.07, 6.45) is 0. The minimum absolute atomic E-state index is 0.635. The summed E-state index contributed by atoms with van der Waals surface area (Å²) in [5.74, 6) is 1.42. The van der Waals surface area contributed by atoms with Gasteiger partial charge in [-0.15, -0.1) is 11.8 Å². The van der Waals surface area contributed by atoms with Gasteiger partial charge in [0.05, 0.1) is 5.52 Å². The molecular formula is C16H14ClN3S. The molecule has 0 amide bonds. The molecule has 0 unspecified atom stereocenters. The molecule has 5 heteroatoms. The largest absolute Gasteiger partial charge is 0.357 e. The van der Waals surface area contributed by atoms with Crippen LogP contribution in [0.3, 0.4) is 0 Å². The summed E-state index contributed by atoms with van der Waals surface area (Å²) in [5.41, 5.74) is 2.05. The van der Waals surface area contributed by atoms with Crippen LogP contribution in [-0.4, -0.2) is 17.0 Å². The average Bonchev–Trinajstić information content (AvgIpc) is 2.53. The van der Waals surface area contributed by atoms with Gasteiger partial charge >= 0.3 is 0 Å². The summed E-state index contributed by atoms with van der Waals surface area (Å²) < 4.78 is 0. The van der Waals surface area contributed by atoms with Crippen LogP contribution in [0.4, 0.5) is 5.95 Å². The molecule has 3 nitrogen and oxygen atoms in total. The van der Waals surface area contributed by atoms with E-state index in [4.69, 9.17) is 11.6 Å². The van der Waals surface area contributed by atoms with E-state index in [0.29, 0.717) is 5.95 Å². The number of anilines is 1. The van der Waals surface area contributed by atoms with E-state index in [0.717, 1.165) is 32.3 Å². The molecule has 0 saturated carbocycles. The Morgan fingerprint density at radius 3 is 2.62 bits per heavy atom. The van der Waals surface area contributed by atoms with Gasteiger partial charge in [-0.1, -0.05) is 48.0 Å². The highest BCUT2D eigenvalue weighted by Gasteiger charge is 2.08. The van der Waals surface area contributed by atoms with Crippen LogP contribution in [0.1, 0.15) is 5.56 Å². The lowest BCUT2D eigenvalue weighted by Crippen LogP contribution is -1.98. The van der Waals surface area contributed by atoms with Crippen molar-refractivity contribution in [3.63, 3.8) is 0 Å². The van der Waals surface area contributed by atoms with E-state index in [-0.39, 0.29) is 0 Å². The first-order valence-corrected chi connectivity index (χ1v) is 7.95. The third-order valence-electron chi connectivity index (χ3n) is 3.11. The van der Waals surface area contributed by atoms with Crippen molar-refractivity contribution in [1.82, 2.24) is 9.97 Å². The molecule has 0 saturated heterocycles. The van der Waals surface area contributed by atoms with Gasteiger partial charge in [-0.2, -0.15) is 0 Å². The molecule has 0 aliphatic rings. The Kier molecular flexibility index (Phi) is 4.27. The summed E-state index contributed by atoms with van der Waals surface area (Å²) in [4.78, 5) is 9.03. The highest BCUT2D eigenvalue weighted by atomic mass is 35.5. The molecule has 2 aromatic carbocycles. The lowest BCUT2D eigenvalue weighted by molar-refractivity contribution is 1.09. The Morgan fingerprint density at radius 2 is 1.81 bits per heavy atom. The predicted molar refractivity (Wildman–Crippen MR) is 90.1 cm³/mol. The number of thioether (sulfide) groups is 1. The molecule has 0 aliphatic carbocycles. The van der Waals surface area contributed by atoms with E-state index in [2.05, 4.69) is 15.3 Å². The second kappa shape index (κ2) is 6.33. The van der Waals surface area contributed by atoms with E-state index < -0.39 is 0 Å². The van der Waals surface area contributed by atoms with Crippen LogP contribution in [0.25, 0.3) is 10.9 Å². The number of benzene rings is 2. The summed E-state index contributed by atoms with van der Waals surface area (Å²) in [6, 6.07) is 15.9. The van der Waals surface area contributed by atoms with Crippen LogP contribution < -0.4 is 5.32 Å². The van der Waals surface area contributed by atoms with E-state index in [1.54, 1.807) is 11.8 Å². The second-order valence-corrected chi connectivity index (χ2v) is 5.87. The van der Waals surface area contributed by atoms with Crippen LogP contribution in [-0.2, 0) is 5.75 Å². The lowest BCUT2D eigenvalue weighted by Gasteiger charge is -2.08. The minimum Gasteiger partial charge on any atom is -0.357 e. The fourth-order valence-electron chi connectivity index (χ4n) is 2.03. The van der Waals surface area contributed by atoms with Crippen molar-refractivity contribution in [2.45, 2.75) is 10.8 Å². The molecule has 21 heavy (non-hydrogen) atoms. The number of nitrogens with zero attached hydrogens (tertiary/aromatic N) is 2. The number of aromatic nitrogens is 2. The fourth-order valence-corrected chi connectivity index (χ4v) is 3.34. The number of hydrogen-bond acceptors (Lipinski definition) is 4. The smallest absolute Gasteiger partial charge is 0.224 e. The van der Waals surface area contributed by atoms with Crippen LogP contribution in [0.2, 0.25) is 5.02 Å². The Hall–Kier alpha value is -1.78. The van der Waals surface area contributed by atoms with Gasteiger partial charge in [-0.25, -0.2) is 9.97 Å². The molecule has 1 N–H and O–H groups in total. The van der Waals surface area contributed by atoms with Gasteiger partial charge in [0, 0.05) is 23.2 Å². The predicted octanol–water partition coefficient (Wildman–Crippen LogP) is 4.62. The molecule has 3 rings (SSSR count). The van der Waals surface area contributed by atoms with E-state index in [1.165, 1.54) is 0 Å². The number of halogens is 1. The number of para-hydroxylation sites is 1. The van der Waals surface area contributed by atoms with Crippen LogP contribution in [0.15, 0.2) is 53.6 Å². The summed E-state index contributed by atoms with van der Waals surface area (Å²) in [6.45, 7) is 0. The Bertz CT molecular complexity index is 776. The van der Waals surface area contributed by atoms with Gasteiger partial charge in [0.2, 0.25) is 5.95 Å². The summed E-state index contributed by atoms with van der Waals surface area (Å²) in [7, 11) is 1.83. The highest BCUT2D eigenvalue weighted by molar-refractivity contribution is 7.98. The maximum Gasteiger partial charge on any atom is 0.224 e. The molecule has 3 aromatic rings. The molecule has 0 aliphatic heterocycles. The van der Waals surface area contributed by atoms with Gasteiger partial charge in [0.25, 0.3) is 0 Å². The van der Waals surface area contributed by atoms with Gasteiger partial charge in [-0.05, 0) is 17.7 Å². The van der Waals surface area contributed by atoms with E-state index in [1.807, 2.05) is 55.6 Å². The quantitative estimate of drug-likeness (QED) is 0.563. The maximum absolute atomic E-state index is 6.21. The van der Waals surface area contributed by atoms with Crippen molar-refractivity contribution in [1.29, 1.82) is 0 Å². The van der Waals surface area contributed by atoms with Crippen molar-refractivity contribution in [2.75, 3.05) is 12.4 Å². The average molecular weight is 316 g/mol. The van der Waals surface area contributed by atoms with Crippen LogP contribution in [0, 0.1) is 0 Å². The van der Waals surface area contributed by atoms with E-state index in [9.17, 15) is 0 Å². The zero-order chi connectivity index (χ0) is 14.7. The third-order valence-corrected chi connectivity index (χ3v) is 4.52. The van der Waals surface area contributed by atoms with Crippen molar-refractivity contribution in [3.05, 3.63) is 59.1 Å². The third kappa shape index (κ3) is 3.12. The molecule has 0 fully saturated rings. The Balaban J connectivity index is 1.94. The van der Waals surface area contributed by atoms with Crippen molar-refractivity contribution in [2.24, 2.45) is 0 Å². The monoisotopic (exact) mass is 315 g/mol. The fraction of sp³-hybridized carbons (Fsp3) is 0.125. The topological polar surface area (TPSA) is 37.8 Å². The SMILES string of the molecule is CNc1nc(SCc2ccccc2Cl)c2ccccc2n1. The lowest BCUT2D eigenvalue weighted by atomic mass is 10.2. The molecule has 106 valence electrons. The number of nitrogens with one attached hydrogen (secondary N) is 1. The summed E-state index contributed by atoms with van der Waals surface area (Å²) >= 11 is 7.88. The molecule has 0 radical (unpaired) electrons. The van der Waals surface area contributed by atoms with Gasteiger partial charge < -0.3 is 5.32 Å². The second-order valence-electron chi connectivity index (χ2n) is 4.50. The standard InChI is InChI=1S/C16H14ClN3S/c1-18-16-19-14-9-5-3-7-12(14)15(20-16)21-10-11-6-2-4-8-13(11)17/h2-9H,10H2,1H3,(H,18,19,20). The number of rotatable bonds is 4. The zero-order valence-electron chi connectivity index (χ0n) is 11.5. The minimum atomic E-state index is 0.635. The first kappa shape index (κ1) is 14.2. The molecule has 0 bridgehead atoms.